The highest BCUT2D eigenvalue weighted by atomic mass is 16.5. The van der Waals surface area contributed by atoms with Crippen LogP contribution in [0.1, 0.15) is 13.8 Å². The Morgan fingerprint density at radius 3 is 2.60 bits per heavy atom. The largest absolute Gasteiger partial charge is 0.485 e. The first-order valence-electron chi connectivity index (χ1n) is 6.32. The zero-order valence-electron chi connectivity index (χ0n) is 11.6. The van der Waals surface area contributed by atoms with Crippen molar-refractivity contribution in [3.05, 3.63) is 24.0 Å². The number of aliphatic hydroxyl groups is 3. The molecule has 0 saturated heterocycles. The van der Waals surface area contributed by atoms with Crippen molar-refractivity contribution >= 4 is 5.91 Å². The van der Waals surface area contributed by atoms with E-state index in [0.29, 0.717) is 11.3 Å². The van der Waals surface area contributed by atoms with Crippen molar-refractivity contribution in [3.63, 3.8) is 0 Å². The van der Waals surface area contributed by atoms with Crippen LogP contribution in [0, 0.1) is 0 Å². The third-order valence-corrected chi connectivity index (χ3v) is 3.08. The standard InChI is InChI=1S/C13H22N2O5/c1-6(2)10-4-8(14)11(15-7(3)17)13(20-10)12(19)9(18)5-16/h4,8-9,11-13,16,18-19H,1,5,14H2,2-3H3,(H,15,17)/t8-,9+,11+,12+,13+/m0/s1. The highest BCUT2D eigenvalue weighted by Crippen LogP contribution is 2.25. The number of nitrogens with one attached hydrogen (secondary N) is 1. The minimum absolute atomic E-state index is 0.336. The second-order valence-corrected chi connectivity index (χ2v) is 4.94. The molecule has 0 aliphatic carbocycles. The van der Waals surface area contributed by atoms with Gasteiger partial charge >= 0.3 is 0 Å². The zero-order valence-corrected chi connectivity index (χ0v) is 11.6. The molecule has 0 unspecified atom stereocenters. The molecule has 0 spiro atoms. The molecule has 1 heterocycles. The van der Waals surface area contributed by atoms with Gasteiger partial charge in [0.25, 0.3) is 0 Å². The van der Waals surface area contributed by atoms with Gasteiger partial charge in [-0.3, -0.25) is 4.79 Å². The van der Waals surface area contributed by atoms with Crippen molar-refractivity contribution < 1.29 is 24.9 Å². The Hall–Kier alpha value is -1.41. The first-order valence-corrected chi connectivity index (χ1v) is 6.32. The van der Waals surface area contributed by atoms with Gasteiger partial charge in [-0.1, -0.05) is 6.58 Å². The predicted molar refractivity (Wildman–Crippen MR) is 72.4 cm³/mol. The van der Waals surface area contributed by atoms with Gasteiger partial charge in [0.05, 0.1) is 18.7 Å². The number of hydrogen-bond acceptors (Lipinski definition) is 6. The summed E-state index contributed by atoms with van der Waals surface area (Å²) in [5.74, 6) is 0.0604. The third-order valence-electron chi connectivity index (χ3n) is 3.08. The Kier molecular flexibility index (Phi) is 5.70. The van der Waals surface area contributed by atoms with Crippen LogP contribution in [0.15, 0.2) is 24.0 Å². The number of rotatable bonds is 5. The molecule has 0 aromatic carbocycles. The van der Waals surface area contributed by atoms with Gasteiger partial charge in [-0.05, 0) is 18.6 Å². The number of amides is 1. The van der Waals surface area contributed by atoms with Crippen molar-refractivity contribution in [1.82, 2.24) is 5.32 Å². The molecule has 1 rings (SSSR count). The van der Waals surface area contributed by atoms with Gasteiger partial charge in [0.2, 0.25) is 5.91 Å². The number of allylic oxidation sites excluding steroid dienone is 1. The van der Waals surface area contributed by atoms with Crippen LogP contribution in [0.25, 0.3) is 0 Å². The third kappa shape index (κ3) is 3.80. The topological polar surface area (TPSA) is 125 Å². The van der Waals surface area contributed by atoms with Crippen LogP contribution in [0.3, 0.4) is 0 Å². The summed E-state index contributed by atoms with van der Waals surface area (Å²) in [7, 11) is 0. The fourth-order valence-corrected chi connectivity index (χ4v) is 2.02. The molecule has 0 aromatic rings. The first-order chi connectivity index (χ1) is 9.27. The number of hydrogen-bond donors (Lipinski definition) is 5. The molecule has 20 heavy (non-hydrogen) atoms. The number of nitrogens with two attached hydrogens (primary N) is 1. The van der Waals surface area contributed by atoms with Gasteiger partial charge in [-0.2, -0.15) is 0 Å². The van der Waals surface area contributed by atoms with Crippen LogP contribution < -0.4 is 11.1 Å². The quantitative estimate of drug-likeness (QED) is 0.414. The molecule has 0 fully saturated rings. The highest BCUT2D eigenvalue weighted by molar-refractivity contribution is 5.73. The van der Waals surface area contributed by atoms with Gasteiger partial charge in [0.15, 0.2) is 0 Å². The zero-order chi connectivity index (χ0) is 15.4. The molecular formula is C13H22N2O5. The minimum Gasteiger partial charge on any atom is -0.485 e. The average Bonchev–Trinajstić information content (AvgIpc) is 2.38. The lowest BCUT2D eigenvalue weighted by Crippen LogP contribution is -2.61. The van der Waals surface area contributed by atoms with E-state index >= 15 is 0 Å². The monoisotopic (exact) mass is 286 g/mol. The Balaban J connectivity index is 3.04. The molecule has 0 radical (unpaired) electrons. The summed E-state index contributed by atoms with van der Waals surface area (Å²) >= 11 is 0. The number of carbonyl (C=O) groups excluding carboxylic acids is 1. The normalized spacial score (nSPS) is 28.9. The average molecular weight is 286 g/mol. The summed E-state index contributed by atoms with van der Waals surface area (Å²) in [5.41, 5.74) is 6.57. The van der Waals surface area contributed by atoms with Gasteiger partial charge in [-0.15, -0.1) is 0 Å². The molecule has 0 aromatic heterocycles. The van der Waals surface area contributed by atoms with E-state index in [1.54, 1.807) is 13.0 Å². The van der Waals surface area contributed by atoms with Crippen LogP contribution in [-0.2, 0) is 9.53 Å². The molecule has 0 saturated carbocycles. The Morgan fingerprint density at radius 2 is 2.15 bits per heavy atom. The molecule has 1 amide bonds. The highest BCUT2D eigenvalue weighted by Gasteiger charge is 2.41. The van der Waals surface area contributed by atoms with Crippen molar-refractivity contribution in [2.45, 2.75) is 44.2 Å². The number of aliphatic hydroxyl groups excluding tert-OH is 3. The summed E-state index contributed by atoms with van der Waals surface area (Å²) in [6.07, 6.45) is -2.18. The maximum atomic E-state index is 11.2. The van der Waals surface area contributed by atoms with E-state index in [1.807, 2.05) is 0 Å². The molecule has 6 N–H and O–H groups in total. The van der Waals surface area contributed by atoms with Gasteiger partial charge in [0, 0.05) is 6.92 Å². The Labute approximate surface area is 117 Å². The van der Waals surface area contributed by atoms with E-state index in [-0.39, 0.29) is 5.91 Å². The maximum Gasteiger partial charge on any atom is 0.217 e. The lowest BCUT2D eigenvalue weighted by molar-refractivity contribution is -0.126. The van der Waals surface area contributed by atoms with E-state index in [4.69, 9.17) is 15.6 Å². The van der Waals surface area contributed by atoms with Crippen LogP contribution in [0.4, 0.5) is 0 Å². The van der Waals surface area contributed by atoms with Crippen molar-refractivity contribution in [2.75, 3.05) is 6.61 Å². The molecule has 7 nitrogen and oxygen atoms in total. The number of carbonyl (C=O) groups is 1. The van der Waals surface area contributed by atoms with Gasteiger partial charge < -0.3 is 31.1 Å². The predicted octanol–water partition coefficient (Wildman–Crippen LogP) is -1.61. The summed E-state index contributed by atoms with van der Waals surface area (Å²) in [6.45, 7) is 6.13. The van der Waals surface area contributed by atoms with Crippen molar-refractivity contribution in [3.8, 4) is 0 Å². The molecule has 0 bridgehead atoms. The molecule has 1 aliphatic heterocycles. The van der Waals surface area contributed by atoms with Crippen LogP contribution >= 0.6 is 0 Å². The van der Waals surface area contributed by atoms with E-state index in [9.17, 15) is 15.0 Å². The van der Waals surface area contributed by atoms with E-state index < -0.39 is 37.0 Å². The van der Waals surface area contributed by atoms with Crippen LogP contribution in [0.2, 0.25) is 0 Å². The molecule has 7 heteroatoms. The molecular weight excluding hydrogens is 264 g/mol. The molecule has 1 aliphatic rings. The lowest BCUT2D eigenvalue weighted by atomic mass is 9.92. The second-order valence-electron chi connectivity index (χ2n) is 4.94. The summed E-state index contributed by atoms with van der Waals surface area (Å²) < 4.78 is 5.56. The van der Waals surface area contributed by atoms with Crippen molar-refractivity contribution in [1.29, 1.82) is 0 Å². The molecule has 5 atom stereocenters. The van der Waals surface area contributed by atoms with E-state index in [2.05, 4.69) is 11.9 Å². The summed E-state index contributed by atoms with van der Waals surface area (Å²) in [4.78, 5) is 11.2. The SMILES string of the molecule is C=C(C)C1=C[C@H](N)[C@@H](NC(C)=O)[C@H]([C@H](O)[C@H](O)CO)O1. The van der Waals surface area contributed by atoms with Gasteiger partial charge in [-0.25, -0.2) is 0 Å². The Morgan fingerprint density at radius 1 is 1.55 bits per heavy atom. The minimum atomic E-state index is -1.40. The number of ether oxygens (including phenoxy) is 1. The Bertz CT molecular complexity index is 410. The lowest BCUT2D eigenvalue weighted by Gasteiger charge is -2.39. The second kappa shape index (κ2) is 6.85. The summed E-state index contributed by atoms with van der Waals surface area (Å²) in [6, 6.07) is -1.32. The van der Waals surface area contributed by atoms with Crippen LogP contribution in [0.5, 0.6) is 0 Å². The van der Waals surface area contributed by atoms with E-state index in [1.165, 1.54) is 6.92 Å². The fourth-order valence-electron chi connectivity index (χ4n) is 2.02. The van der Waals surface area contributed by atoms with Gasteiger partial charge in [0.1, 0.15) is 24.1 Å². The molecule has 114 valence electrons. The first kappa shape index (κ1) is 16.6. The van der Waals surface area contributed by atoms with Crippen LogP contribution in [-0.4, -0.2) is 58.2 Å². The fraction of sp³-hybridized carbons (Fsp3) is 0.615. The smallest absolute Gasteiger partial charge is 0.217 e. The van der Waals surface area contributed by atoms with Crippen molar-refractivity contribution in [2.24, 2.45) is 5.73 Å². The van der Waals surface area contributed by atoms with E-state index in [0.717, 1.165) is 0 Å². The maximum absolute atomic E-state index is 11.2. The summed E-state index contributed by atoms with van der Waals surface area (Å²) in [5, 5.41) is 31.1.